The smallest absolute Gasteiger partial charge is 0.124 e. The lowest BCUT2D eigenvalue weighted by molar-refractivity contribution is 0.408. The minimum atomic E-state index is 0.680. The second kappa shape index (κ2) is 6.92. The molecule has 1 aromatic rings. The highest BCUT2D eigenvalue weighted by Gasteiger charge is 2.12. The van der Waals surface area contributed by atoms with Gasteiger partial charge in [-0.3, -0.25) is 0 Å². The van der Waals surface area contributed by atoms with Crippen molar-refractivity contribution in [2.75, 3.05) is 26.7 Å². The molecule has 2 N–H and O–H groups in total. The van der Waals surface area contributed by atoms with Crippen molar-refractivity contribution in [2.45, 2.75) is 39.2 Å². The molecule has 0 radical (unpaired) electrons. The fraction of sp³-hybridized carbons (Fsp3) is 0.625. The van der Waals surface area contributed by atoms with E-state index in [9.17, 15) is 0 Å². The zero-order valence-electron chi connectivity index (χ0n) is 12.4. The Morgan fingerprint density at radius 1 is 1.32 bits per heavy atom. The van der Waals surface area contributed by atoms with E-state index in [1.54, 1.807) is 7.11 Å². The van der Waals surface area contributed by atoms with Crippen molar-refractivity contribution >= 4 is 0 Å². The summed E-state index contributed by atoms with van der Waals surface area (Å²) >= 11 is 0. The second-order valence-electron chi connectivity index (χ2n) is 5.51. The van der Waals surface area contributed by atoms with Gasteiger partial charge in [0.2, 0.25) is 0 Å². The number of nitrogens with one attached hydrogen (secondary N) is 2. The van der Waals surface area contributed by atoms with Gasteiger partial charge in [0.15, 0.2) is 0 Å². The molecule has 0 spiro atoms. The van der Waals surface area contributed by atoms with Crippen LogP contribution in [0.3, 0.4) is 0 Å². The van der Waals surface area contributed by atoms with E-state index in [2.05, 4.69) is 36.6 Å². The summed E-state index contributed by atoms with van der Waals surface area (Å²) in [6, 6.07) is 5.15. The molecule has 2 rings (SSSR count). The molecular formula is C16H26N2O. The predicted molar refractivity (Wildman–Crippen MR) is 80.1 cm³/mol. The summed E-state index contributed by atoms with van der Waals surface area (Å²) in [5.41, 5.74) is 3.85. The molecule has 1 aliphatic heterocycles. The summed E-state index contributed by atoms with van der Waals surface area (Å²) in [6.07, 6.45) is 3.72. The molecule has 1 aliphatic rings. The highest BCUT2D eigenvalue weighted by atomic mass is 16.5. The number of benzene rings is 1. The quantitative estimate of drug-likeness (QED) is 0.771. The van der Waals surface area contributed by atoms with Gasteiger partial charge in [0, 0.05) is 12.6 Å². The topological polar surface area (TPSA) is 33.3 Å². The van der Waals surface area contributed by atoms with Crippen LogP contribution in [-0.4, -0.2) is 32.8 Å². The minimum absolute atomic E-state index is 0.680. The number of ether oxygens (including phenoxy) is 1. The van der Waals surface area contributed by atoms with Gasteiger partial charge < -0.3 is 15.4 Å². The molecule has 1 fully saturated rings. The third-order valence-electron chi connectivity index (χ3n) is 3.87. The Balaban J connectivity index is 1.79. The molecule has 106 valence electrons. The lowest BCUT2D eigenvalue weighted by Gasteiger charge is -2.13. The molecule has 1 saturated heterocycles. The van der Waals surface area contributed by atoms with E-state index in [4.69, 9.17) is 4.74 Å². The summed E-state index contributed by atoms with van der Waals surface area (Å²) in [5.74, 6) is 1.02. The van der Waals surface area contributed by atoms with Gasteiger partial charge in [-0.2, -0.15) is 0 Å². The fourth-order valence-corrected chi connectivity index (χ4v) is 2.95. The Labute approximate surface area is 116 Å². The number of rotatable bonds is 6. The molecule has 0 amide bonds. The first-order valence-corrected chi connectivity index (χ1v) is 7.29. The lowest BCUT2D eigenvalue weighted by Crippen LogP contribution is -2.34. The Morgan fingerprint density at radius 2 is 2.05 bits per heavy atom. The monoisotopic (exact) mass is 262 g/mol. The van der Waals surface area contributed by atoms with Crippen LogP contribution < -0.4 is 15.4 Å². The van der Waals surface area contributed by atoms with Gasteiger partial charge >= 0.3 is 0 Å². The summed E-state index contributed by atoms with van der Waals surface area (Å²) < 4.78 is 5.40. The lowest BCUT2D eigenvalue weighted by atomic mass is 10.0. The largest absolute Gasteiger partial charge is 0.496 e. The zero-order valence-corrected chi connectivity index (χ0v) is 12.4. The fourth-order valence-electron chi connectivity index (χ4n) is 2.95. The van der Waals surface area contributed by atoms with Crippen molar-refractivity contribution in [1.82, 2.24) is 10.6 Å². The molecule has 1 atom stereocenters. The van der Waals surface area contributed by atoms with E-state index in [1.165, 1.54) is 36.1 Å². The second-order valence-corrected chi connectivity index (χ2v) is 5.51. The SMILES string of the molecule is COc1c(C)cc(CCNCC2CCCN2)cc1C. The summed E-state index contributed by atoms with van der Waals surface area (Å²) in [4.78, 5) is 0. The van der Waals surface area contributed by atoms with Crippen molar-refractivity contribution in [2.24, 2.45) is 0 Å². The third kappa shape index (κ3) is 3.95. The van der Waals surface area contributed by atoms with Crippen LogP contribution in [0.4, 0.5) is 0 Å². The molecule has 1 aromatic carbocycles. The summed E-state index contributed by atoms with van der Waals surface area (Å²) in [7, 11) is 1.74. The van der Waals surface area contributed by atoms with Crippen molar-refractivity contribution in [3.05, 3.63) is 28.8 Å². The van der Waals surface area contributed by atoms with Crippen LogP contribution in [0, 0.1) is 13.8 Å². The van der Waals surface area contributed by atoms with Gasteiger partial charge in [0.05, 0.1) is 7.11 Å². The molecule has 1 heterocycles. The molecule has 1 unspecified atom stereocenters. The Kier molecular flexibility index (Phi) is 5.23. The number of hydrogen-bond acceptors (Lipinski definition) is 3. The average Bonchev–Trinajstić information content (AvgIpc) is 2.87. The Hall–Kier alpha value is -1.06. The highest BCUT2D eigenvalue weighted by Crippen LogP contribution is 2.24. The molecule has 3 heteroatoms. The van der Waals surface area contributed by atoms with Crippen LogP contribution in [0.25, 0.3) is 0 Å². The van der Waals surface area contributed by atoms with E-state index >= 15 is 0 Å². The molecule has 0 aromatic heterocycles. The summed E-state index contributed by atoms with van der Waals surface area (Å²) in [5, 5.41) is 7.06. The van der Waals surface area contributed by atoms with Crippen LogP contribution in [0.1, 0.15) is 29.5 Å². The molecule has 19 heavy (non-hydrogen) atoms. The van der Waals surface area contributed by atoms with E-state index in [1.807, 2.05) is 0 Å². The Morgan fingerprint density at radius 3 is 2.63 bits per heavy atom. The number of aryl methyl sites for hydroxylation is 2. The number of hydrogen-bond donors (Lipinski definition) is 2. The maximum atomic E-state index is 5.40. The maximum Gasteiger partial charge on any atom is 0.124 e. The van der Waals surface area contributed by atoms with E-state index in [0.717, 1.165) is 25.3 Å². The molecule has 3 nitrogen and oxygen atoms in total. The first kappa shape index (κ1) is 14.4. The summed E-state index contributed by atoms with van der Waals surface area (Å²) in [6.45, 7) is 7.55. The normalized spacial score (nSPS) is 18.8. The maximum absolute atomic E-state index is 5.40. The van der Waals surface area contributed by atoms with Crippen LogP contribution >= 0.6 is 0 Å². The van der Waals surface area contributed by atoms with E-state index in [0.29, 0.717) is 6.04 Å². The third-order valence-corrected chi connectivity index (χ3v) is 3.87. The van der Waals surface area contributed by atoms with Crippen molar-refractivity contribution in [3.63, 3.8) is 0 Å². The zero-order chi connectivity index (χ0) is 13.7. The highest BCUT2D eigenvalue weighted by molar-refractivity contribution is 5.43. The van der Waals surface area contributed by atoms with Gasteiger partial charge in [-0.05, 0) is 62.9 Å². The van der Waals surface area contributed by atoms with Crippen LogP contribution in [0.5, 0.6) is 5.75 Å². The van der Waals surface area contributed by atoms with Crippen LogP contribution in [0.2, 0.25) is 0 Å². The molecule has 0 aliphatic carbocycles. The predicted octanol–water partition coefficient (Wildman–Crippen LogP) is 2.20. The molecule has 0 saturated carbocycles. The van der Waals surface area contributed by atoms with E-state index < -0.39 is 0 Å². The van der Waals surface area contributed by atoms with Gasteiger partial charge in [-0.1, -0.05) is 12.1 Å². The first-order chi connectivity index (χ1) is 9.20. The standard InChI is InChI=1S/C16H26N2O/c1-12-9-14(10-13(2)16(12)19-3)6-8-17-11-15-5-4-7-18-15/h9-10,15,17-18H,4-8,11H2,1-3H3. The van der Waals surface area contributed by atoms with Crippen molar-refractivity contribution in [1.29, 1.82) is 0 Å². The van der Waals surface area contributed by atoms with E-state index in [-0.39, 0.29) is 0 Å². The van der Waals surface area contributed by atoms with Crippen LogP contribution in [-0.2, 0) is 6.42 Å². The van der Waals surface area contributed by atoms with Gasteiger partial charge in [-0.15, -0.1) is 0 Å². The Bertz CT molecular complexity index is 388. The van der Waals surface area contributed by atoms with Gasteiger partial charge in [0.25, 0.3) is 0 Å². The minimum Gasteiger partial charge on any atom is -0.496 e. The van der Waals surface area contributed by atoms with Crippen molar-refractivity contribution < 1.29 is 4.74 Å². The van der Waals surface area contributed by atoms with Gasteiger partial charge in [-0.25, -0.2) is 0 Å². The molecule has 0 bridgehead atoms. The average molecular weight is 262 g/mol. The first-order valence-electron chi connectivity index (χ1n) is 7.29. The van der Waals surface area contributed by atoms with Crippen LogP contribution in [0.15, 0.2) is 12.1 Å². The molecular weight excluding hydrogens is 236 g/mol. The van der Waals surface area contributed by atoms with Crippen molar-refractivity contribution in [3.8, 4) is 5.75 Å². The number of methoxy groups -OCH3 is 1. The van der Waals surface area contributed by atoms with Gasteiger partial charge in [0.1, 0.15) is 5.75 Å².